The molecule has 1 aliphatic heterocycles. The summed E-state index contributed by atoms with van der Waals surface area (Å²) in [5, 5.41) is 14.4. The first-order valence-electron chi connectivity index (χ1n) is 7.15. The molecule has 4 nitrogen and oxygen atoms in total. The average molecular weight is 275 g/mol. The van der Waals surface area contributed by atoms with E-state index in [1.165, 1.54) is 5.56 Å². The lowest BCUT2D eigenvalue weighted by Gasteiger charge is -2.36. The Labute approximate surface area is 118 Å². The van der Waals surface area contributed by atoms with Gasteiger partial charge in [0.2, 0.25) is 0 Å². The van der Waals surface area contributed by atoms with Crippen molar-refractivity contribution in [1.82, 2.24) is 5.32 Å². The smallest absolute Gasteiger partial charge is 0.134 e. The van der Waals surface area contributed by atoms with E-state index in [2.05, 4.69) is 11.4 Å². The first kappa shape index (κ1) is 13.6. The molecule has 0 aliphatic carbocycles. The summed E-state index contributed by atoms with van der Waals surface area (Å²) >= 11 is 0. The normalized spacial score (nSPS) is 18.5. The van der Waals surface area contributed by atoms with Gasteiger partial charge in [0, 0.05) is 36.2 Å². The van der Waals surface area contributed by atoms with Crippen molar-refractivity contribution in [2.75, 3.05) is 19.8 Å². The van der Waals surface area contributed by atoms with Crippen molar-refractivity contribution in [2.24, 2.45) is 0 Å². The second-order valence-corrected chi connectivity index (χ2v) is 5.54. The van der Waals surface area contributed by atoms with Crippen molar-refractivity contribution in [1.29, 1.82) is 0 Å². The molecule has 20 heavy (non-hydrogen) atoms. The Morgan fingerprint density at radius 2 is 2.00 bits per heavy atom. The fourth-order valence-electron chi connectivity index (χ4n) is 2.87. The molecule has 0 amide bonds. The molecule has 1 aromatic carbocycles. The third kappa shape index (κ3) is 2.46. The molecule has 1 saturated heterocycles. The maximum Gasteiger partial charge on any atom is 0.134 e. The Kier molecular flexibility index (Phi) is 3.78. The molecule has 1 aromatic heterocycles. The molecule has 1 fully saturated rings. The van der Waals surface area contributed by atoms with E-state index in [1.54, 1.807) is 0 Å². The van der Waals surface area contributed by atoms with Crippen molar-refractivity contribution < 1.29 is 14.3 Å². The predicted molar refractivity (Wildman–Crippen MR) is 77.7 cm³/mol. The predicted octanol–water partition coefficient (Wildman–Crippen LogP) is 2.37. The van der Waals surface area contributed by atoms with Gasteiger partial charge in [0.1, 0.15) is 11.3 Å². The van der Waals surface area contributed by atoms with Crippen LogP contribution in [0.15, 0.2) is 28.7 Å². The van der Waals surface area contributed by atoms with E-state index in [9.17, 15) is 5.11 Å². The summed E-state index contributed by atoms with van der Waals surface area (Å²) in [5.74, 6) is 0.943. The highest BCUT2D eigenvalue weighted by Crippen LogP contribution is 2.27. The lowest BCUT2D eigenvalue weighted by atomic mass is 9.90. The van der Waals surface area contributed by atoms with Gasteiger partial charge in [0.15, 0.2) is 0 Å². The minimum atomic E-state index is -0.219. The third-order valence-corrected chi connectivity index (χ3v) is 4.29. The van der Waals surface area contributed by atoms with E-state index < -0.39 is 0 Å². The van der Waals surface area contributed by atoms with E-state index in [0.717, 1.165) is 29.6 Å². The van der Waals surface area contributed by atoms with Crippen molar-refractivity contribution >= 4 is 11.0 Å². The average Bonchev–Trinajstić information content (AvgIpc) is 2.81. The quantitative estimate of drug-likeness (QED) is 0.899. The summed E-state index contributed by atoms with van der Waals surface area (Å²) in [6.07, 6.45) is 1.69. The first-order chi connectivity index (χ1) is 9.74. The Hall–Kier alpha value is -1.36. The van der Waals surface area contributed by atoms with Gasteiger partial charge < -0.3 is 19.6 Å². The van der Waals surface area contributed by atoms with Crippen LogP contribution in [0.25, 0.3) is 11.0 Å². The number of para-hydroxylation sites is 1. The number of fused-ring (bicyclic) bond motifs is 1. The van der Waals surface area contributed by atoms with Crippen molar-refractivity contribution in [3.8, 4) is 0 Å². The van der Waals surface area contributed by atoms with E-state index in [-0.39, 0.29) is 12.1 Å². The number of furan rings is 1. The van der Waals surface area contributed by atoms with Crippen molar-refractivity contribution in [2.45, 2.75) is 31.8 Å². The van der Waals surface area contributed by atoms with Gasteiger partial charge in [0.25, 0.3) is 0 Å². The Balaban J connectivity index is 1.81. The zero-order valence-electron chi connectivity index (χ0n) is 11.8. The third-order valence-electron chi connectivity index (χ3n) is 4.29. The Morgan fingerprint density at radius 1 is 1.25 bits per heavy atom. The number of nitrogens with one attached hydrogen (secondary N) is 1. The highest BCUT2D eigenvalue weighted by molar-refractivity contribution is 5.82. The minimum Gasteiger partial charge on any atom is -0.461 e. The van der Waals surface area contributed by atoms with Crippen LogP contribution in [0.3, 0.4) is 0 Å². The molecule has 2 aromatic rings. The number of hydrogen-bond acceptors (Lipinski definition) is 4. The summed E-state index contributed by atoms with van der Waals surface area (Å²) < 4.78 is 11.2. The number of aliphatic hydroxyl groups is 1. The Bertz CT molecular complexity index is 584. The molecule has 2 heterocycles. The maximum atomic E-state index is 9.71. The van der Waals surface area contributed by atoms with Gasteiger partial charge in [-0.15, -0.1) is 0 Å². The first-order valence-corrected chi connectivity index (χ1v) is 7.15. The summed E-state index contributed by atoms with van der Waals surface area (Å²) in [5.41, 5.74) is 1.88. The van der Waals surface area contributed by atoms with Gasteiger partial charge in [-0.05, 0) is 25.8 Å². The van der Waals surface area contributed by atoms with Gasteiger partial charge in [-0.3, -0.25) is 0 Å². The van der Waals surface area contributed by atoms with Crippen molar-refractivity contribution in [3.63, 3.8) is 0 Å². The second kappa shape index (κ2) is 5.56. The molecule has 0 radical (unpaired) electrons. The zero-order chi connectivity index (χ0) is 14.0. The van der Waals surface area contributed by atoms with Crippen LogP contribution in [0.1, 0.15) is 24.2 Å². The molecule has 0 atom stereocenters. The summed E-state index contributed by atoms with van der Waals surface area (Å²) in [6.45, 7) is 4.26. The highest BCUT2D eigenvalue weighted by atomic mass is 16.5. The lowest BCUT2D eigenvalue weighted by molar-refractivity contribution is 0.0112. The number of aliphatic hydroxyl groups excluding tert-OH is 1. The SMILES string of the molecule is Cc1oc2ccccc2c1CNC1(CO)CCOCC1. The largest absolute Gasteiger partial charge is 0.461 e. The topological polar surface area (TPSA) is 54.6 Å². The molecule has 3 rings (SSSR count). The zero-order valence-corrected chi connectivity index (χ0v) is 11.8. The molecule has 0 bridgehead atoms. The van der Waals surface area contributed by atoms with Crippen LogP contribution in [0, 0.1) is 6.92 Å². The van der Waals surface area contributed by atoms with E-state index in [1.807, 2.05) is 25.1 Å². The van der Waals surface area contributed by atoms with E-state index in [4.69, 9.17) is 9.15 Å². The molecule has 4 heteroatoms. The fourth-order valence-corrected chi connectivity index (χ4v) is 2.87. The second-order valence-electron chi connectivity index (χ2n) is 5.54. The van der Waals surface area contributed by atoms with Crippen LogP contribution in [0.5, 0.6) is 0 Å². The van der Waals surface area contributed by atoms with Crippen LogP contribution in [0.4, 0.5) is 0 Å². The monoisotopic (exact) mass is 275 g/mol. The molecule has 0 unspecified atom stereocenters. The number of ether oxygens (including phenoxy) is 1. The molecular weight excluding hydrogens is 254 g/mol. The number of hydrogen-bond donors (Lipinski definition) is 2. The van der Waals surface area contributed by atoms with Gasteiger partial charge in [-0.2, -0.15) is 0 Å². The standard InChI is InChI=1S/C16H21NO3/c1-12-14(13-4-2-3-5-15(13)20-12)10-17-16(11-18)6-8-19-9-7-16/h2-5,17-18H,6-11H2,1H3. The molecule has 1 aliphatic rings. The van der Waals surface area contributed by atoms with Crippen LogP contribution in [-0.4, -0.2) is 30.5 Å². The summed E-state index contributed by atoms with van der Waals surface area (Å²) in [7, 11) is 0. The fraction of sp³-hybridized carbons (Fsp3) is 0.500. The minimum absolute atomic E-state index is 0.144. The van der Waals surface area contributed by atoms with Crippen LogP contribution < -0.4 is 5.32 Å². The number of rotatable bonds is 4. The van der Waals surface area contributed by atoms with E-state index >= 15 is 0 Å². The Morgan fingerprint density at radius 3 is 2.75 bits per heavy atom. The maximum absolute atomic E-state index is 9.71. The van der Waals surface area contributed by atoms with Gasteiger partial charge in [-0.25, -0.2) is 0 Å². The van der Waals surface area contributed by atoms with Crippen LogP contribution >= 0.6 is 0 Å². The van der Waals surface area contributed by atoms with E-state index in [0.29, 0.717) is 19.8 Å². The molecule has 108 valence electrons. The van der Waals surface area contributed by atoms with Crippen molar-refractivity contribution in [3.05, 3.63) is 35.6 Å². The van der Waals surface area contributed by atoms with Gasteiger partial charge in [0.05, 0.1) is 6.61 Å². The lowest BCUT2D eigenvalue weighted by Crippen LogP contribution is -2.51. The summed E-state index contributed by atoms with van der Waals surface area (Å²) in [6, 6.07) is 8.08. The van der Waals surface area contributed by atoms with Gasteiger partial charge >= 0.3 is 0 Å². The molecule has 0 saturated carbocycles. The molecule has 0 spiro atoms. The molecular formula is C16H21NO3. The summed E-state index contributed by atoms with van der Waals surface area (Å²) in [4.78, 5) is 0. The van der Waals surface area contributed by atoms with Crippen LogP contribution in [0.2, 0.25) is 0 Å². The van der Waals surface area contributed by atoms with Crippen LogP contribution in [-0.2, 0) is 11.3 Å². The number of benzene rings is 1. The molecule has 2 N–H and O–H groups in total. The number of aryl methyl sites for hydroxylation is 1. The highest BCUT2D eigenvalue weighted by Gasteiger charge is 2.31. The van der Waals surface area contributed by atoms with Gasteiger partial charge in [-0.1, -0.05) is 18.2 Å².